The molecule has 0 saturated heterocycles. The molecule has 1 aromatic heterocycles. The van der Waals surface area contributed by atoms with Crippen LogP contribution in [0.15, 0.2) is 12.3 Å². The molecule has 0 radical (unpaired) electrons. The van der Waals surface area contributed by atoms with Crippen molar-refractivity contribution in [2.45, 2.75) is 27.3 Å². The standard InChI is InChI=1S/C13H22FN3/c1-5-17(9-10(2)3)13-12(14)11(8-15-4)6-7-16-13/h6-7,10,15H,5,8-9H2,1-4H3. The molecular weight excluding hydrogens is 217 g/mol. The first-order chi connectivity index (χ1) is 8.10. The first kappa shape index (κ1) is 13.9. The highest BCUT2D eigenvalue weighted by atomic mass is 19.1. The van der Waals surface area contributed by atoms with Crippen molar-refractivity contribution in [2.75, 3.05) is 25.0 Å². The predicted octanol–water partition coefficient (Wildman–Crippen LogP) is 2.42. The summed E-state index contributed by atoms with van der Waals surface area (Å²) in [5.74, 6) is 0.752. The van der Waals surface area contributed by atoms with Crippen LogP contribution in [0.1, 0.15) is 26.3 Å². The lowest BCUT2D eigenvalue weighted by molar-refractivity contribution is 0.565. The molecule has 1 N–H and O–H groups in total. The third-order valence-corrected chi connectivity index (χ3v) is 2.58. The molecule has 0 bridgehead atoms. The number of hydrogen-bond acceptors (Lipinski definition) is 3. The number of hydrogen-bond donors (Lipinski definition) is 1. The van der Waals surface area contributed by atoms with Crippen LogP contribution >= 0.6 is 0 Å². The summed E-state index contributed by atoms with van der Waals surface area (Å²) in [4.78, 5) is 6.15. The topological polar surface area (TPSA) is 28.2 Å². The maximum atomic E-state index is 14.2. The number of nitrogens with one attached hydrogen (secondary N) is 1. The van der Waals surface area contributed by atoms with Gasteiger partial charge < -0.3 is 10.2 Å². The molecule has 0 aromatic carbocycles. The molecule has 0 unspecified atom stereocenters. The number of rotatable bonds is 6. The smallest absolute Gasteiger partial charge is 0.170 e. The molecule has 0 saturated carbocycles. The highest BCUT2D eigenvalue weighted by Crippen LogP contribution is 2.20. The van der Waals surface area contributed by atoms with Gasteiger partial charge in [-0.3, -0.25) is 0 Å². The Morgan fingerprint density at radius 3 is 2.71 bits per heavy atom. The Kier molecular flexibility index (Phi) is 5.35. The van der Waals surface area contributed by atoms with Crippen LogP contribution < -0.4 is 10.2 Å². The Labute approximate surface area is 103 Å². The molecule has 0 fully saturated rings. The first-order valence-electron chi connectivity index (χ1n) is 6.13. The van der Waals surface area contributed by atoms with E-state index in [1.54, 1.807) is 12.3 Å². The van der Waals surface area contributed by atoms with Gasteiger partial charge in [0.05, 0.1) is 0 Å². The van der Waals surface area contributed by atoms with Crippen LogP contribution in [0.3, 0.4) is 0 Å². The fraction of sp³-hybridized carbons (Fsp3) is 0.615. The normalized spacial score (nSPS) is 10.9. The summed E-state index contributed by atoms with van der Waals surface area (Å²) in [7, 11) is 1.81. The number of halogens is 1. The van der Waals surface area contributed by atoms with Crippen molar-refractivity contribution >= 4 is 5.82 Å². The Morgan fingerprint density at radius 1 is 1.47 bits per heavy atom. The molecule has 1 heterocycles. The monoisotopic (exact) mass is 239 g/mol. The minimum Gasteiger partial charge on any atom is -0.354 e. The van der Waals surface area contributed by atoms with Gasteiger partial charge in [0.2, 0.25) is 0 Å². The second-order valence-electron chi connectivity index (χ2n) is 4.57. The molecule has 96 valence electrons. The molecule has 0 aliphatic carbocycles. The maximum absolute atomic E-state index is 14.2. The van der Waals surface area contributed by atoms with Crippen LogP contribution in [-0.2, 0) is 6.54 Å². The van der Waals surface area contributed by atoms with Crippen molar-refractivity contribution in [3.63, 3.8) is 0 Å². The Morgan fingerprint density at radius 2 is 2.18 bits per heavy atom. The fourth-order valence-corrected chi connectivity index (χ4v) is 1.82. The highest BCUT2D eigenvalue weighted by Gasteiger charge is 2.15. The summed E-state index contributed by atoms with van der Waals surface area (Å²) < 4.78 is 14.2. The summed E-state index contributed by atoms with van der Waals surface area (Å²) in [5, 5.41) is 2.96. The summed E-state index contributed by atoms with van der Waals surface area (Å²) in [6.45, 7) is 8.39. The quantitative estimate of drug-likeness (QED) is 0.826. The molecule has 0 aliphatic rings. The zero-order valence-electron chi connectivity index (χ0n) is 11.1. The zero-order chi connectivity index (χ0) is 12.8. The van der Waals surface area contributed by atoms with E-state index in [4.69, 9.17) is 0 Å². The van der Waals surface area contributed by atoms with Crippen molar-refractivity contribution in [3.05, 3.63) is 23.6 Å². The summed E-state index contributed by atoms with van der Waals surface area (Å²) >= 11 is 0. The van der Waals surface area contributed by atoms with Gasteiger partial charge in [0.15, 0.2) is 11.6 Å². The van der Waals surface area contributed by atoms with Gasteiger partial charge in [-0.15, -0.1) is 0 Å². The number of anilines is 1. The predicted molar refractivity (Wildman–Crippen MR) is 69.7 cm³/mol. The van der Waals surface area contributed by atoms with Crippen molar-refractivity contribution in [1.82, 2.24) is 10.3 Å². The van der Waals surface area contributed by atoms with E-state index in [0.717, 1.165) is 13.1 Å². The van der Waals surface area contributed by atoms with Gasteiger partial charge in [0, 0.05) is 31.4 Å². The van der Waals surface area contributed by atoms with Crippen LogP contribution in [0.4, 0.5) is 10.2 Å². The lowest BCUT2D eigenvalue weighted by Crippen LogP contribution is -2.29. The second kappa shape index (κ2) is 6.55. The van der Waals surface area contributed by atoms with Gasteiger partial charge >= 0.3 is 0 Å². The fourth-order valence-electron chi connectivity index (χ4n) is 1.82. The van der Waals surface area contributed by atoms with Crippen LogP contribution in [0.2, 0.25) is 0 Å². The van der Waals surface area contributed by atoms with Gasteiger partial charge in [0.1, 0.15) is 0 Å². The SMILES string of the molecule is CCN(CC(C)C)c1nccc(CNC)c1F. The number of aromatic nitrogens is 1. The maximum Gasteiger partial charge on any atom is 0.170 e. The van der Waals surface area contributed by atoms with E-state index in [-0.39, 0.29) is 5.82 Å². The van der Waals surface area contributed by atoms with Gasteiger partial charge in [-0.05, 0) is 26.0 Å². The Bertz CT molecular complexity index is 353. The molecule has 0 spiro atoms. The zero-order valence-corrected chi connectivity index (χ0v) is 11.1. The van der Waals surface area contributed by atoms with Crippen LogP contribution in [-0.4, -0.2) is 25.1 Å². The van der Waals surface area contributed by atoms with Crippen molar-refractivity contribution in [1.29, 1.82) is 0 Å². The van der Waals surface area contributed by atoms with Gasteiger partial charge in [0.25, 0.3) is 0 Å². The van der Waals surface area contributed by atoms with E-state index < -0.39 is 0 Å². The lowest BCUT2D eigenvalue weighted by Gasteiger charge is -2.25. The third-order valence-electron chi connectivity index (χ3n) is 2.58. The average molecular weight is 239 g/mol. The Balaban J connectivity index is 2.98. The minimum atomic E-state index is -0.204. The largest absolute Gasteiger partial charge is 0.354 e. The molecule has 0 aliphatic heterocycles. The molecule has 3 nitrogen and oxygen atoms in total. The summed E-state index contributed by atoms with van der Waals surface area (Å²) in [6.07, 6.45) is 1.67. The van der Waals surface area contributed by atoms with Crippen molar-refractivity contribution in [2.24, 2.45) is 5.92 Å². The van der Waals surface area contributed by atoms with E-state index in [2.05, 4.69) is 24.1 Å². The molecule has 4 heteroatoms. The summed E-state index contributed by atoms with van der Waals surface area (Å²) in [5.41, 5.74) is 0.666. The van der Waals surface area contributed by atoms with Crippen molar-refractivity contribution in [3.8, 4) is 0 Å². The minimum absolute atomic E-state index is 0.204. The van der Waals surface area contributed by atoms with E-state index in [1.165, 1.54) is 0 Å². The molecular formula is C13H22FN3. The molecule has 0 atom stereocenters. The lowest BCUT2D eigenvalue weighted by atomic mass is 10.2. The van der Waals surface area contributed by atoms with Gasteiger partial charge in [-0.2, -0.15) is 0 Å². The Hall–Kier alpha value is -1.16. The van der Waals surface area contributed by atoms with E-state index >= 15 is 0 Å². The van der Waals surface area contributed by atoms with Crippen LogP contribution in [0.5, 0.6) is 0 Å². The van der Waals surface area contributed by atoms with Crippen LogP contribution in [0, 0.1) is 11.7 Å². The average Bonchev–Trinajstić information content (AvgIpc) is 2.29. The van der Waals surface area contributed by atoms with Crippen molar-refractivity contribution < 1.29 is 4.39 Å². The number of pyridine rings is 1. The van der Waals surface area contributed by atoms with E-state index in [0.29, 0.717) is 23.8 Å². The van der Waals surface area contributed by atoms with E-state index in [1.807, 2.05) is 18.9 Å². The third kappa shape index (κ3) is 3.66. The summed E-state index contributed by atoms with van der Waals surface area (Å²) in [6, 6.07) is 1.72. The van der Waals surface area contributed by atoms with Gasteiger partial charge in [-0.1, -0.05) is 13.8 Å². The highest BCUT2D eigenvalue weighted by molar-refractivity contribution is 5.43. The first-order valence-corrected chi connectivity index (χ1v) is 6.13. The molecule has 0 amide bonds. The second-order valence-corrected chi connectivity index (χ2v) is 4.57. The van der Waals surface area contributed by atoms with Gasteiger partial charge in [-0.25, -0.2) is 9.37 Å². The van der Waals surface area contributed by atoms with E-state index in [9.17, 15) is 4.39 Å². The molecule has 17 heavy (non-hydrogen) atoms. The number of nitrogens with zero attached hydrogens (tertiary/aromatic N) is 2. The van der Waals surface area contributed by atoms with Crippen LogP contribution in [0.25, 0.3) is 0 Å². The molecule has 1 aromatic rings. The molecule has 1 rings (SSSR count).